The molecule has 0 saturated heterocycles. The highest BCUT2D eigenvalue weighted by atomic mass is 19.4. The molecule has 0 aliphatic heterocycles. The van der Waals surface area contributed by atoms with Gasteiger partial charge >= 0.3 is 6.18 Å². The Morgan fingerprint density at radius 3 is 2.74 bits per heavy atom. The number of rotatable bonds is 6. The Kier molecular flexibility index (Phi) is 5.80. The molecule has 5 rings (SSSR count). The average molecular weight is 478 g/mol. The van der Waals surface area contributed by atoms with Gasteiger partial charge in [-0.05, 0) is 73.6 Å². The monoisotopic (exact) mass is 478 g/mol. The molecule has 1 fully saturated rings. The Balaban J connectivity index is 1.37. The lowest BCUT2D eigenvalue weighted by Crippen LogP contribution is -2.15. The Bertz CT molecular complexity index is 1390. The number of hydrogen-bond acceptors (Lipinski definition) is 5. The number of carbonyl (C=O) groups is 1. The highest BCUT2D eigenvalue weighted by Crippen LogP contribution is 2.33. The van der Waals surface area contributed by atoms with Crippen molar-refractivity contribution < 1.29 is 18.0 Å². The van der Waals surface area contributed by atoms with E-state index in [2.05, 4.69) is 31.7 Å². The lowest BCUT2D eigenvalue weighted by atomic mass is 10.1. The van der Waals surface area contributed by atoms with Crippen LogP contribution in [-0.2, 0) is 12.6 Å². The number of anilines is 1. The number of aromatic nitrogens is 5. The number of amides is 1. The molecule has 35 heavy (non-hydrogen) atoms. The molecule has 1 N–H and O–H groups in total. The minimum Gasteiger partial charge on any atom is -0.307 e. The second-order valence-electron chi connectivity index (χ2n) is 8.66. The number of alkyl halides is 3. The van der Waals surface area contributed by atoms with Gasteiger partial charge < -0.3 is 5.32 Å². The third-order valence-corrected chi connectivity index (χ3v) is 5.85. The molecule has 0 spiro atoms. The Hall–Kier alpha value is -4.08. The fraction of sp³-hybridized carbons (Fsp3) is 0.240. The van der Waals surface area contributed by atoms with E-state index in [4.69, 9.17) is 0 Å². The second kappa shape index (κ2) is 8.94. The van der Waals surface area contributed by atoms with Crippen LogP contribution in [0.4, 0.5) is 19.0 Å². The number of carbonyl (C=O) groups excluding carboxylic acids is 1. The second-order valence-corrected chi connectivity index (χ2v) is 8.66. The highest BCUT2D eigenvalue weighted by Gasteiger charge is 2.31. The SMILES string of the molecule is Cc1ccc(C(=O)Nc2cc(C(F)(F)F)ccn2)cc1-n1cc(-c2cncc(CC3CC3)c2)nn1. The molecular formula is C25H21F3N6O. The van der Waals surface area contributed by atoms with Gasteiger partial charge in [0.05, 0.1) is 17.4 Å². The Morgan fingerprint density at radius 1 is 1.14 bits per heavy atom. The predicted octanol–water partition coefficient (Wildman–Crippen LogP) is 5.26. The van der Waals surface area contributed by atoms with Crippen molar-refractivity contribution in [3.63, 3.8) is 0 Å². The lowest BCUT2D eigenvalue weighted by molar-refractivity contribution is -0.137. The normalized spacial score (nSPS) is 13.6. The van der Waals surface area contributed by atoms with Crippen LogP contribution in [0.1, 0.15) is 39.9 Å². The first-order chi connectivity index (χ1) is 16.8. The summed E-state index contributed by atoms with van der Waals surface area (Å²) in [5.74, 6) is -0.0330. The van der Waals surface area contributed by atoms with Gasteiger partial charge in [0.25, 0.3) is 5.91 Å². The van der Waals surface area contributed by atoms with Crippen molar-refractivity contribution in [2.24, 2.45) is 5.92 Å². The van der Waals surface area contributed by atoms with E-state index in [1.807, 2.05) is 13.1 Å². The van der Waals surface area contributed by atoms with Crippen LogP contribution < -0.4 is 5.32 Å². The summed E-state index contributed by atoms with van der Waals surface area (Å²) in [6.45, 7) is 1.87. The van der Waals surface area contributed by atoms with Crippen LogP contribution in [0.5, 0.6) is 0 Å². The minimum absolute atomic E-state index is 0.187. The predicted molar refractivity (Wildman–Crippen MR) is 123 cm³/mol. The zero-order valence-electron chi connectivity index (χ0n) is 18.8. The van der Waals surface area contributed by atoms with Crippen molar-refractivity contribution in [1.82, 2.24) is 25.0 Å². The molecular weight excluding hydrogens is 457 g/mol. The maximum atomic E-state index is 13.0. The molecule has 10 heteroatoms. The molecule has 1 aliphatic carbocycles. The zero-order chi connectivity index (χ0) is 24.6. The van der Waals surface area contributed by atoms with Gasteiger partial charge in [-0.3, -0.25) is 9.78 Å². The number of nitrogens with zero attached hydrogens (tertiary/aromatic N) is 5. The van der Waals surface area contributed by atoms with Crippen molar-refractivity contribution in [3.8, 4) is 16.9 Å². The van der Waals surface area contributed by atoms with Crippen LogP contribution in [0.25, 0.3) is 16.9 Å². The summed E-state index contributed by atoms with van der Waals surface area (Å²) in [6.07, 6.45) is 5.37. The van der Waals surface area contributed by atoms with Crippen molar-refractivity contribution in [2.75, 3.05) is 5.32 Å². The maximum absolute atomic E-state index is 13.0. The number of halogens is 3. The van der Waals surface area contributed by atoms with Gasteiger partial charge in [0.1, 0.15) is 11.5 Å². The smallest absolute Gasteiger partial charge is 0.307 e. The van der Waals surface area contributed by atoms with E-state index in [-0.39, 0.29) is 11.4 Å². The number of nitrogens with one attached hydrogen (secondary N) is 1. The van der Waals surface area contributed by atoms with E-state index in [1.165, 1.54) is 12.8 Å². The topological polar surface area (TPSA) is 85.6 Å². The van der Waals surface area contributed by atoms with Crippen LogP contribution in [-0.4, -0.2) is 30.9 Å². The van der Waals surface area contributed by atoms with Gasteiger partial charge in [0, 0.05) is 29.7 Å². The summed E-state index contributed by atoms with van der Waals surface area (Å²) in [6, 6.07) is 8.64. The third-order valence-electron chi connectivity index (χ3n) is 5.85. The fourth-order valence-electron chi connectivity index (χ4n) is 3.77. The summed E-state index contributed by atoms with van der Waals surface area (Å²) >= 11 is 0. The van der Waals surface area contributed by atoms with Crippen molar-refractivity contribution in [3.05, 3.63) is 83.4 Å². The molecule has 1 aliphatic rings. The highest BCUT2D eigenvalue weighted by molar-refractivity contribution is 6.04. The van der Waals surface area contributed by atoms with E-state index < -0.39 is 17.6 Å². The summed E-state index contributed by atoms with van der Waals surface area (Å²) in [5.41, 5.74) is 3.49. The standard InChI is InChI=1S/C25H21F3N6O/c1-15-2-5-18(24(35)31-23-11-20(6-7-30-23)25(26,27)28)10-22(15)34-14-21(32-33-34)19-9-17(12-29-13-19)8-16-3-4-16/h2,5-7,9-14,16H,3-4,8H2,1H3,(H,30,31,35). The van der Waals surface area contributed by atoms with Crippen LogP contribution in [0.2, 0.25) is 0 Å². The molecule has 0 unspecified atom stereocenters. The van der Waals surface area contributed by atoms with Gasteiger partial charge in [-0.15, -0.1) is 5.10 Å². The van der Waals surface area contributed by atoms with E-state index in [1.54, 1.807) is 35.3 Å². The molecule has 178 valence electrons. The number of pyridine rings is 2. The minimum atomic E-state index is -4.53. The van der Waals surface area contributed by atoms with Crippen molar-refractivity contribution in [1.29, 1.82) is 0 Å². The molecule has 1 saturated carbocycles. The van der Waals surface area contributed by atoms with Gasteiger partial charge in [0.15, 0.2) is 0 Å². The van der Waals surface area contributed by atoms with Gasteiger partial charge in [0.2, 0.25) is 0 Å². The average Bonchev–Trinajstić information content (AvgIpc) is 3.50. The number of aryl methyl sites for hydroxylation is 1. The van der Waals surface area contributed by atoms with Crippen LogP contribution in [0.15, 0.2) is 61.2 Å². The molecule has 0 bridgehead atoms. The van der Waals surface area contributed by atoms with E-state index in [0.29, 0.717) is 11.4 Å². The molecule has 4 aromatic rings. The molecule has 0 radical (unpaired) electrons. The first-order valence-corrected chi connectivity index (χ1v) is 11.1. The van der Waals surface area contributed by atoms with Gasteiger partial charge in [-0.2, -0.15) is 13.2 Å². The molecule has 0 atom stereocenters. The fourth-order valence-corrected chi connectivity index (χ4v) is 3.77. The summed E-state index contributed by atoms with van der Waals surface area (Å²) in [4.78, 5) is 20.9. The van der Waals surface area contributed by atoms with Crippen LogP contribution in [0.3, 0.4) is 0 Å². The quantitative estimate of drug-likeness (QED) is 0.409. The molecule has 7 nitrogen and oxygen atoms in total. The first-order valence-electron chi connectivity index (χ1n) is 11.1. The molecule has 1 amide bonds. The summed E-state index contributed by atoms with van der Waals surface area (Å²) < 4.78 is 40.4. The third kappa shape index (κ3) is 5.21. The molecule has 1 aromatic carbocycles. The number of hydrogen-bond donors (Lipinski definition) is 1. The summed E-state index contributed by atoms with van der Waals surface area (Å²) in [5, 5.41) is 10.9. The summed E-state index contributed by atoms with van der Waals surface area (Å²) in [7, 11) is 0. The first kappa shape index (κ1) is 22.7. The van der Waals surface area contributed by atoms with Crippen molar-refractivity contribution in [2.45, 2.75) is 32.4 Å². The van der Waals surface area contributed by atoms with Gasteiger partial charge in [-0.1, -0.05) is 11.3 Å². The van der Waals surface area contributed by atoms with E-state index in [9.17, 15) is 18.0 Å². The van der Waals surface area contributed by atoms with E-state index in [0.717, 1.165) is 47.4 Å². The Morgan fingerprint density at radius 2 is 1.97 bits per heavy atom. The zero-order valence-corrected chi connectivity index (χ0v) is 18.8. The largest absolute Gasteiger partial charge is 0.416 e. The molecule has 3 heterocycles. The van der Waals surface area contributed by atoms with Gasteiger partial charge in [-0.25, -0.2) is 9.67 Å². The van der Waals surface area contributed by atoms with Crippen LogP contribution in [0, 0.1) is 12.8 Å². The van der Waals surface area contributed by atoms with E-state index >= 15 is 0 Å². The van der Waals surface area contributed by atoms with Crippen LogP contribution >= 0.6 is 0 Å². The maximum Gasteiger partial charge on any atom is 0.416 e. The van der Waals surface area contributed by atoms with Crippen molar-refractivity contribution >= 4 is 11.7 Å². The number of benzene rings is 1. The molecule has 3 aromatic heterocycles. The lowest BCUT2D eigenvalue weighted by Gasteiger charge is -2.11. The Labute approximate surface area is 199 Å².